The topological polar surface area (TPSA) is 91.2 Å². The predicted molar refractivity (Wildman–Crippen MR) is 92.7 cm³/mol. The van der Waals surface area contributed by atoms with Crippen LogP contribution in [0.3, 0.4) is 0 Å². The minimum Gasteiger partial charge on any atom is -0.390 e. The molecule has 3 rings (SSSR count). The van der Waals surface area contributed by atoms with Crippen molar-refractivity contribution < 1.29 is 10.2 Å². The first kappa shape index (κ1) is 17.1. The van der Waals surface area contributed by atoms with Crippen LogP contribution in [0.5, 0.6) is 0 Å². The average Bonchev–Trinajstić information content (AvgIpc) is 2.57. The van der Waals surface area contributed by atoms with Crippen molar-refractivity contribution in [2.24, 2.45) is 0 Å². The summed E-state index contributed by atoms with van der Waals surface area (Å²) < 4.78 is 0. The van der Waals surface area contributed by atoms with Gasteiger partial charge in [-0.1, -0.05) is 11.6 Å². The standard InChI is InChI=1S/C17H21ClN4O2/c1-17(24)4-2-11(3-5-17)22-14-6-16(18)21-8-13(14)15-9-19-12(10-23)7-20-15/h6-9,11,23-24H,2-5,10H2,1H3,(H,21,22). The number of nitrogens with one attached hydrogen (secondary N) is 1. The van der Waals surface area contributed by atoms with Gasteiger partial charge in [-0.15, -0.1) is 0 Å². The number of hydrogen-bond donors (Lipinski definition) is 3. The van der Waals surface area contributed by atoms with Gasteiger partial charge in [-0.05, 0) is 38.7 Å². The van der Waals surface area contributed by atoms with Crippen LogP contribution in [0.1, 0.15) is 38.3 Å². The van der Waals surface area contributed by atoms with E-state index >= 15 is 0 Å². The second-order valence-corrected chi connectivity index (χ2v) is 6.91. The number of nitrogens with zero attached hydrogens (tertiary/aromatic N) is 3. The third-order valence-corrected chi connectivity index (χ3v) is 4.64. The van der Waals surface area contributed by atoms with E-state index in [2.05, 4.69) is 20.3 Å². The summed E-state index contributed by atoms with van der Waals surface area (Å²) in [6.45, 7) is 1.75. The predicted octanol–water partition coefficient (Wildman–Crippen LogP) is 2.79. The fraction of sp³-hybridized carbons (Fsp3) is 0.471. The number of aliphatic hydroxyl groups is 2. The minimum atomic E-state index is -0.567. The van der Waals surface area contributed by atoms with E-state index in [1.54, 1.807) is 24.7 Å². The van der Waals surface area contributed by atoms with Crippen LogP contribution in [0.25, 0.3) is 11.3 Å². The Morgan fingerprint density at radius 1 is 1.21 bits per heavy atom. The summed E-state index contributed by atoms with van der Waals surface area (Å²) in [6, 6.07) is 2.05. The molecule has 1 aliphatic carbocycles. The van der Waals surface area contributed by atoms with Crippen LogP contribution in [0.4, 0.5) is 5.69 Å². The van der Waals surface area contributed by atoms with E-state index in [-0.39, 0.29) is 12.6 Å². The zero-order valence-corrected chi connectivity index (χ0v) is 14.3. The second-order valence-electron chi connectivity index (χ2n) is 6.52. The first-order valence-electron chi connectivity index (χ1n) is 8.03. The van der Waals surface area contributed by atoms with Crippen molar-refractivity contribution >= 4 is 17.3 Å². The highest BCUT2D eigenvalue weighted by atomic mass is 35.5. The van der Waals surface area contributed by atoms with E-state index in [1.807, 2.05) is 6.92 Å². The molecule has 1 aliphatic rings. The molecule has 0 spiro atoms. The van der Waals surface area contributed by atoms with E-state index in [9.17, 15) is 5.11 Å². The van der Waals surface area contributed by atoms with E-state index in [0.717, 1.165) is 36.9 Å². The number of halogens is 1. The van der Waals surface area contributed by atoms with Gasteiger partial charge in [0.25, 0.3) is 0 Å². The normalized spacial score (nSPS) is 23.9. The molecule has 0 unspecified atom stereocenters. The van der Waals surface area contributed by atoms with E-state index in [0.29, 0.717) is 16.5 Å². The molecule has 0 aliphatic heterocycles. The molecule has 3 N–H and O–H groups in total. The molecule has 2 heterocycles. The van der Waals surface area contributed by atoms with Gasteiger partial charge in [0, 0.05) is 23.5 Å². The van der Waals surface area contributed by atoms with E-state index in [4.69, 9.17) is 16.7 Å². The number of aromatic nitrogens is 3. The zero-order chi connectivity index (χ0) is 17.2. The maximum Gasteiger partial charge on any atom is 0.131 e. The Labute approximate surface area is 146 Å². The van der Waals surface area contributed by atoms with Crippen LogP contribution < -0.4 is 5.32 Å². The van der Waals surface area contributed by atoms with Crippen molar-refractivity contribution in [1.82, 2.24) is 15.0 Å². The highest BCUT2D eigenvalue weighted by molar-refractivity contribution is 6.29. The molecule has 24 heavy (non-hydrogen) atoms. The lowest BCUT2D eigenvalue weighted by molar-refractivity contribution is 0.0196. The molecular formula is C17H21ClN4O2. The SMILES string of the molecule is CC1(O)CCC(Nc2cc(Cl)ncc2-c2cnc(CO)cn2)CC1. The molecule has 2 aromatic rings. The van der Waals surface area contributed by atoms with Crippen molar-refractivity contribution in [3.8, 4) is 11.3 Å². The number of hydrogen-bond acceptors (Lipinski definition) is 6. The highest BCUT2D eigenvalue weighted by Gasteiger charge is 2.29. The number of rotatable bonds is 4. The summed E-state index contributed by atoms with van der Waals surface area (Å²) in [7, 11) is 0. The van der Waals surface area contributed by atoms with Gasteiger partial charge in [0.2, 0.25) is 0 Å². The Hall–Kier alpha value is -1.76. The van der Waals surface area contributed by atoms with Crippen LogP contribution in [0.2, 0.25) is 5.15 Å². The maximum absolute atomic E-state index is 10.1. The van der Waals surface area contributed by atoms with Gasteiger partial charge >= 0.3 is 0 Å². The molecule has 1 fully saturated rings. The first-order valence-corrected chi connectivity index (χ1v) is 8.41. The Kier molecular flexibility index (Phi) is 4.99. The van der Waals surface area contributed by atoms with Gasteiger partial charge in [-0.3, -0.25) is 9.97 Å². The minimum absolute atomic E-state index is 0.140. The third-order valence-electron chi connectivity index (χ3n) is 4.44. The largest absolute Gasteiger partial charge is 0.390 e. The molecule has 1 saturated carbocycles. The molecule has 0 bridgehead atoms. The van der Waals surface area contributed by atoms with E-state index in [1.165, 1.54) is 0 Å². The van der Waals surface area contributed by atoms with Crippen molar-refractivity contribution in [1.29, 1.82) is 0 Å². The van der Waals surface area contributed by atoms with Crippen molar-refractivity contribution in [2.45, 2.75) is 50.9 Å². The van der Waals surface area contributed by atoms with Crippen molar-refractivity contribution in [3.05, 3.63) is 35.5 Å². The van der Waals surface area contributed by atoms with Gasteiger partial charge in [-0.25, -0.2) is 4.98 Å². The molecule has 6 nitrogen and oxygen atoms in total. The first-order chi connectivity index (χ1) is 11.5. The zero-order valence-electron chi connectivity index (χ0n) is 13.5. The summed E-state index contributed by atoms with van der Waals surface area (Å²) in [5, 5.41) is 23.1. The molecule has 0 amide bonds. The Morgan fingerprint density at radius 3 is 2.58 bits per heavy atom. The fourth-order valence-corrected chi connectivity index (χ4v) is 3.09. The maximum atomic E-state index is 10.1. The van der Waals surface area contributed by atoms with Gasteiger partial charge in [0.05, 0.1) is 36.0 Å². The Balaban J connectivity index is 1.83. The quantitative estimate of drug-likeness (QED) is 0.736. The fourth-order valence-electron chi connectivity index (χ4n) is 2.93. The van der Waals surface area contributed by atoms with Gasteiger partial charge in [0.15, 0.2) is 0 Å². The molecular weight excluding hydrogens is 328 g/mol. The monoisotopic (exact) mass is 348 g/mol. The molecule has 0 saturated heterocycles. The highest BCUT2D eigenvalue weighted by Crippen LogP contribution is 2.33. The van der Waals surface area contributed by atoms with Gasteiger partial charge in [0.1, 0.15) is 5.15 Å². The lowest BCUT2D eigenvalue weighted by atomic mass is 9.83. The summed E-state index contributed by atoms with van der Waals surface area (Å²) in [5.74, 6) is 0. The second kappa shape index (κ2) is 7.01. The Morgan fingerprint density at radius 2 is 1.96 bits per heavy atom. The summed E-state index contributed by atoms with van der Waals surface area (Å²) >= 11 is 6.05. The number of aliphatic hydroxyl groups excluding tert-OH is 1. The molecule has 2 aromatic heterocycles. The molecule has 0 radical (unpaired) electrons. The molecule has 7 heteroatoms. The molecule has 128 valence electrons. The number of pyridine rings is 1. The van der Waals surface area contributed by atoms with Crippen LogP contribution in [-0.2, 0) is 6.61 Å². The summed E-state index contributed by atoms with van der Waals surface area (Å²) in [5.41, 5.74) is 2.29. The average molecular weight is 349 g/mol. The lowest BCUT2D eigenvalue weighted by Gasteiger charge is -2.34. The molecule has 0 aromatic carbocycles. The van der Waals surface area contributed by atoms with Crippen molar-refractivity contribution in [3.63, 3.8) is 0 Å². The third kappa shape index (κ3) is 4.01. The van der Waals surface area contributed by atoms with Crippen molar-refractivity contribution in [2.75, 3.05) is 5.32 Å². The van der Waals surface area contributed by atoms with Crippen LogP contribution in [0, 0.1) is 0 Å². The molecule has 0 atom stereocenters. The smallest absolute Gasteiger partial charge is 0.131 e. The van der Waals surface area contributed by atoms with Crippen LogP contribution >= 0.6 is 11.6 Å². The van der Waals surface area contributed by atoms with Crippen LogP contribution in [-0.4, -0.2) is 36.8 Å². The lowest BCUT2D eigenvalue weighted by Crippen LogP contribution is -2.35. The van der Waals surface area contributed by atoms with E-state index < -0.39 is 5.60 Å². The van der Waals surface area contributed by atoms with Crippen LogP contribution in [0.15, 0.2) is 24.7 Å². The summed E-state index contributed by atoms with van der Waals surface area (Å²) in [4.78, 5) is 12.7. The Bertz CT molecular complexity index is 696. The summed E-state index contributed by atoms with van der Waals surface area (Å²) in [6.07, 6.45) is 8.15. The van der Waals surface area contributed by atoms with Gasteiger partial charge in [-0.2, -0.15) is 0 Å². The number of anilines is 1. The van der Waals surface area contributed by atoms with Gasteiger partial charge < -0.3 is 15.5 Å².